The fraction of sp³-hybridized carbons (Fsp3) is 0.933. The Balaban J connectivity index is 1.35. The molecule has 2 amide bonds. The van der Waals surface area contributed by atoms with Gasteiger partial charge in [-0.1, -0.05) is 66.7 Å². The summed E-state index contributed by atoms with van der Waals surface area (Å²) in [5.41, 5.74) is 2.47. The molecule has 0 spiro atoms. The maximum atomic E-state index is 13.8. The van der Waals surface area contributed by atoms with Crippen LogP contribution in [0.1, 0.15) is 119 Å². The first kappa shape index (κ1) is 33.9. The largest absolute Gasteiger partial charge is 0.481 e. The van der Waals surface area contributed by atoms with Crippen LogP contribution in [0.25, 0.3) is 0 Å². The number of hydrogen-bond acceptors (Lipinski definition) is 8. The number of amides is 2. The molecule has 7 atom stereocenters. The minimum atomic E-state index is -0.714. The van der Waals surface area contributed by atoms with Gasteiger partial charge in [-0.05, 0) is 80.3 Å². The molecule has 2 bridgehead atoms. The molecule has 3 saturated carbocycles. The molecule has 5 fully saturated rings. The Bertz CT molecular complexity index is 987. The van der Waals surface area contributed by atoms with Crippen molar-refractivity contribution >= 4 is 18.9 Å². The molecule has 2 saturated heterocycles. The summed E-state index contributed by atoms with van der Waals surface area (Å²) in [5.74, 6) is 0.669. The van der Waals surface area contributed by atoms with Gasteiger partial charge in [0.1, 0.15) is 6.04 Å². The fourth-order valence-corrected chi connectivity index (χ4v) is 7.61. The van der Waals surface area contributed by atoms with Crippen molar-refractivity contribution in [3.8, 4) is 0 Å². The molecule has 244 valence electrons. The van der Waals surface area contributed by atoms with Crippen molar-refractivity contribution < 1.29 is 23.9 Å². The lowest BCUT2D eigenvalue weighted by atomic mass is 9.43. The molecule has 3 aliphatic carbocycles. The van der Waals surface area contributed by atoms with Gasteiger partial charge in [-0.3, -0.25) is 14.9 Å². The summed E-state index contributed by atoms with van der Waals surface area (Å²) in [5, 5.41) is 20.4. The number of rotatable bonds is 19. The lowest BCUT2D eigenvalue weighted by Crippen LogP contribution is -2.65. The zero-order valence-corrected chi connectivity index (χ0v) is 27.2. The number of hydrazine groups is 2. The van der Waals surface area contributed by atoms with Crippen molar-refractivity contribution in [2.75, 3.05) is 6.54 Å². The van der Waals surface area contributed by atoms with Crippen molar-refractivity contribution in [1.29, 1.82) is 0 Å². The van der Waals surface area contributed by atoms with Gasteiger partial charge in [-0.25, -0.2) is 10.1 Å². The van der Waals surface area contributed by atoms with E-state index in [1.165, 1.54) is 19.3 Å². The number of nitrogens with zero attached hydrogens (tertiary/aromatic N) is 2. The second kappa shape index (κ2) is 14.4. The molecule has 4 N–H and O–H groups in total. The molecule has 0 aromatic rings. The summed E-state index contributed by atoms with van der Waals surface area (Å²) in [7, 11) is -0.535. The van der Waals surface area contributed by atoms with Gasteiger partial charge >= 0.3 is 7.12 Å². The predicted molar refractivity (Wildman–Crippen MR) is 164 cm³/mol. The van der Waals surface area contributed by atoms with Gasteiger partial charge in [0.25, 0.3) is 0 Å². The van der Waals surface area contributed by atoms with Crippen molar-refractivity contribution in [2.24, 2.45) is 23.2 Å². The van der Waals surface area contributed by atoms with E-state index in [0.717, 1.165) is 37.2 Å². The SMILES string of the molecule is CCCCCCCCC(=O)N[C@@H](CCCNC1NN1[N+](=O)[O-])C(=O)N[C@@H](CC(C)C)B1O[C@@H]2C[C@@H]3C[C@@H](C3(C)C)[C@]2(C)O1. The Morgan fingerprint density at radius 1 is 1.09 bits per heavy atom. The maximum absolute atomic E-state index is 13.8. The van der Waals surface area contributed by atoms with Crippen LogP contribution in [0, 0.1) is 33.3 Å². The molecule has 2 heterocycles. The van der Waals surface area contributed by atoms with E-state index in [1.54, 1.807) is 0 Å². The zero-order valence-electron chi connectivity index (χ0n) is 27.2. The molecule has 0 aromatic heterocycles. The number of hydrogen-bond donors (Lipinski definition) is 4. The normalized spacial score (nSPS) is 29.9. The summed E-state index contributed by atoms with van der Waals surface area (Å²) in [6, 6.07) is -0.714. The van der Waals surface area contributed by atoms with Gasteiger partial charge in [0.15, 0.2) is 5.03 Å². The molecule has 13 heteroatoms. The quantitative estimate of drug-likeness (QED) is 0.0566. The van der Waals surface area contributed by atoms with Crippen LogP contribution in [-0.2, 0) is 18.9 Å². The summed E-state index contributed by atoms with van der Waals surface area (Å²) in [4.78, 5) is 37.5. The van der Waals surface area contributed by atoms with Gasteiger partial charge in [0, 0.05) is 6.42 Å². The van der Waals surface area contributed by atoms with Gasteiger partial charge < -0.3 is 19.9 Å². The predicted octanol–water partition coefficient (Wildman–Crippen LogP) is 3.69. The summed E-state index contributed by atoms with van der Waals surface area (Å²) in [6.07, 6.45) is 10.2. The third kappa shape index (κ3) is 8.21. The first-order valence-corrected chi connectivity index (χ1v) is 16.7. The highest BCUT2D eigenvalue weighted by Crippen LogP contribution is 2.65. The molecule has 0 radical (unpaired) electrons. The van der Waals surface area contributed by atoms with Crippen LogP contribution in [0.15, 0.2) is 0 Å². The first-order valence-electron chi connectivity index (χ1n) is 16.7. The second-order valence-corrected chi connectivity index (χ2v) is 14.4. The topological polar surface area (TPSA) is 157 Å². The Morgan fingerprint density at radius 2 is 1.81 bits per heavy atom. The van der Waals surface area contributed by atoms with Gasteiger partial charge in [0.05, 0.1) is 17.6 Å². The fourth-order valence-electron chi connectivity index (χ4n) is 7.61. The number of carbonyl (C=O) groups is 2. The van der Waals surface area contributed by atoms with Crippen LogP contribution < -0.4 is 21.4 Å². The van der Waals surface area contributed by atoms with Crippen LogP contribution in [0.5, 0.6) is 0 Å². The molecular formula is C30H55BN6O6. The van der Waals surface area contributed by atoms with Crippen molar-refractivity contribution in [3.05, 3.63) is 10.1 Å². The Kier molecular flexibility index (Phi) is 11.4. The molecule has 5 aliphatic rings. The van der Waals surface area contributed by atoms with E-state index >= 15 is 0 Å². The van der Waals surface area contributed by atoms with E-state index in [0.29, 0.717) is 50.0 Å². The molecular weight excluding hydrogens is 551 g/mol. The van der Waals surface area contributed by atoms with Crippen molar-refractivity contribution in [2.45, 2.75) is 149 Å². The highest BCUT2D eigenvalue weighted by Gasteiger charge is 2.68. The van der Waals surface area contributed by atoms with E-state index in [-0.39, 0.29) is 34.9 Å². The number of nitrogens with one attached hydrogen (secondary N) is 4. The molecule has 12 nitrogen and oxygen atoms in total. The minimum Gasteiger partial charge on any atom is -0.404 e. The number of unbranched alkanes of at least 4 members (excludes halogenated alkanes) is 5. The summed E-state index contributed by atoms with van der Waals surface area (Å²) >= 11 is 0. The van der Waals surface area contributed by atoms with Crippen LogP contribution in [-0.4, -0.2) is 65.6 Å². The molecule has 2 aliphatic heterocycles. The van der Waals surface area contributed by atoms with E-state index in [9.17, 15) is 19.7 Å². The van der Waals surface area contributed by atoms with Gasteiger partial charge in [-0.15, -0.1) is 5.43 Å². The Hall–Kier alpha value is -1.96. The minimum absolute atomic E-state index is 0.0227. The summed E-state index contributed by atoms with van der Waals surface area (Å²) in [6.45, 7) is 13.7. The van der Waals surface area contributed by atoms with Crippen LogP contribution in [0.2, 0.25) is 0 Å². The monoisotopic (exact) mass is 606 g/mol. The third-order valence-electron chi connectivity index (χ3n) is 10.4. The molecule has 1 unspecified atom stereocenters. The number of nitro groups is 1. The van der Waals surface area contributed by atoms with Crippen molar-refractivity contribution in [3.63, 3.8) is 0 Å². The third-order valence-corrected chi connectivity index (χ3v) is 10.4. The molecule has 43 heavy (non-hydrogen) atoms. The van der Waals surface area contributed by atoms with Gasteiger partial charge in [-0.2, -0.15) is 0 Å². The summed E-state index contributed by atoms with van der Waals surface area (Å²) < 4.78 is 13.3. The standard InChI is InChI=1S/C30H55BN6O6/c1-7-8-9-10-11-12-15-26(38)33-22(14-13-16-32-28-35-36(28)37(40)41)27(39)34-25(17-20(2)3)31-42-24-19-21-18-23(29(21,4)5)30(24,6)43-31/h20-25,28,32,35H,7-19H2,1-6H3,(H,33,38)(H,34,39)/t21-,22-,23-,24+,25-,28?,30-,36?/m0/s1. The first-order chi connectivity index (χ1) is 20.4. The smallest absolute Gasteiger partial charge is 0.404 e. The lowest BCUT2D eigenvalue weighted by Gasteiger charge is -2.64. The average molecular weight is 607 g/mol. The highest BCUT2D eigenvalue weighted by molar-refractivity contribution is 6.47. The highest BCUT2D eigenvalue weighted by atomic mass is 16.7. The van der Waals surface area contributed by atoms with Crippen LogP contribution in [0.4, 0.5) is 0 Å². The average Bonchev–Trinajstić information content (AvgIpc) is 3.63. The second-order valence-electron chi connectivity index (χ2n) is 14.4. The van der Waals surface area contributed by atoms with E-state index in [1.807, 2.05) is 0 Å². The molecule has 0 aromatic carbocycles. The van der Waals surface area contributed by atoms with E-state index in [2.05, 4.69) is 62.9 Å². The molecule has 5 rings (SSSR count). The van der Waals surface area contributed by atoms with Crippen LogP contribution in [0.3, 0.4) is 0 Å². The number of carbonyl (C=O) groups excluding carboxylic acids is 2. The lowest BCUT2D eigenvalue weighted by molar-refractivity contribution is -0.627. The van der Waals surface area contributed by atoms with E-state index in [4.69, 9.17) is 9.31 Å². The Labute approximate surface area is 257 Å². The zero-order chi connectivity index (χ0) is 31.4. The maximum Gasteiger partial charge on any atom is 0.481 e. The van der Waals surface area contributed by atoms with Crippen LogP contribution >= 0.6 is 0 Å². The van der Waals surface area contributed by atoms with Gasteiger partial charge in [0.2, 0.25) is 18.1 Å². The Morgan fingerprint density at radius 3 is 2.47 bits per heavy atom. The van der Waals surface area contributed by atoms with Crippen molar-refractivity contribution in [1.82, 2.24) is 26.5 Å². The van der Waals surface area contributed by atoms with E-state index < -0.39 is 24.5 Å².